The lowest BCUT2D eigenvalue weighted by atomic mass is 10.3. The first-order valence-corrected chi connectivity index (χ1v) is 6.70. The second-order valence-corrected chi connectivity index (χ2v) is 5.10. The number of rotatable bonds is 4. The zero-order valence-electron chi connectivity index (χ0n) is 10.6. The zero-order chi connectivity index (χ0) is 13.0. The van der Waals surface area contributed by atoms with E-state index in [2.05, 4.69) is 12.3 Å². The fraction of sp³-hybridized carbons (Fsp3) is 0.538. The van der Waals surface area contributed by atoms with E-state index in [1.807, 2.05) is 0 Å². The standard InChI is InChI=1S/C13H19ClFN2O/c1-2-5-17(6-8-18-9-7-17)16-13-4-3-11(14)10-12(13)15/h3-4,10,16H,2,5-9H2,1H3/q+1. The Bertz CT molecular complexity index is 402. The van der Waals surface area contributed by atoms with Crippen molar-refractivity contribution < 1.29 is 13.7 Å². The molecule has 1 fully saturated rings. The fourth-order valence-electron chi connectivity index (χ4n) is 2.35. The molecule has 1 saturated heterocycles. The van der Waals surface area contributed by atoms with E-state index in [0.29, 0.717) is 28.5 Å². The van der Waals surface area contributed by atoms with Crippen LogP contribution in [0.25, 0.3) is 0 Å². The average molecular weight is 274 g/mol. The summed E-state index contributed by atoms with van der Waals surface area (Å²) in [5.41, 5.74) is 3.82. The minimum atomic E-state index is -0.303. The number of anilines is 1. The molecule has 1 aromatic rings. The van der Waals surface area contributed by atoms with Crippen LogP contribution in [-0.4, -0.2) is 37.4 Å². The third kappa shape index (κ3) is 3.13. The Labute approximate surface area is 112 Å². The zero-order valence-corrected chi connectivity index (χ0v) is 11.3. The smallest absolute Gasteiger partial charge is 0.152 e. The van der Waals surface area contributed by atoms with E-state index in [1.54, 1.807) is 12.1 Å². The molecule has 1 aromatic carbocycles. The average Bonchev–Trinajstić information content (AvgIpc) is 2.34. The van der Waals surface area contributed by atoms with E-state index in [-0.39, 0.29) is 5.82 Å². The lowest BCUT2D eigenvalue weighted by molar-refractivity contribution is -0.915. The molecule has 1 heterocycles. The molecule has 0 aromatic heterocycles. The maximum atomic E-state index is 13.8. The molecule has 0 saturated carbocycles. The van der Waals surface area contributed by atoms with Gasteiger partial charge in [-0.15, -0.1) is 0 Å². The normalized spacial score (nSPS) is 18.6. The largest absolute Gasteiger partial charge is 0.370 e. The van der Waals surface area contributed by atoms with Crippen LogP contribution >= 0.6 is 11.6 Å². The Balaban J connectivity index is 2.17. The van der Waals surface area contributed by atoms with Gasteiger partial charge in [0.2, 0.25) is 0 Å². The van der Waals surface area contributed by atoms with E-state index < -0.39 is 0 Å². The van der Waals surface area contributed by atoms with Gasteiger partial charge in [0.15, 0.2) is 5.82 Å². The van der Waals surface area contributed by atoms with Crippen molar-refractivity contribution in [3.8, 4) is 0 Å². The van der Waals surface area contributed by atoms with Crippen molar-refractivity contribution in [3.05, 3.63) is 29.0 Å². The third-order valence-electron chi connectivity index (χ3n) is 3.27. The number of hydrogen-bond donors (Lipinski definition) is 1. The highest BCUT2D eigenvalue weighted by Gasteiger charge is 2.31. The molecule has 0 atom stereocenters. The number of ether oxygens (including phenoxy) is 1. The van der Waals surface area contributed by atoms with Crippen molar-refractivity contribution in [1.82, 2.24) is 0 Å². The van der Waals surface area contributed by atoms with Crippen LogP contribution in [0.15, 0.2) is 18.2 Å². The Morgan fingerprint density at radius 1 is 1.39 bits per heavy atom. The number of halogens is 2. The highest BCUT2D eigenvalue weighted by Crippen LogP contribution is 2.23. The van der Waals surface area contributed by atoms with E-state index in [0.717, 1.165) is 26.1 Å². The summed E-state index contributed by atoms with van der Waals surface area (Å²) >= 11 is 5.76. The van der Waals surface area contributed by atoms with Gasteiger partial charge in [0, 0.05) is 5.02 Å². The highest BCUT2D eigenvalue weighted by atomic mass is 35.5. The van der Waals surface area contributed by atoms with Crippen LogP contribution in [0.1, 0.15) is 13.3 Å². The van der Waals surface area contributed by atoms with Gasteiger partial charge in [-0.25, -0.2) is 14.4 Å². The van der Waals surface area contributed by atoms with Crippen LogP contribution in [0.3, 0.4) is 0 Å². The molecule has 0 unspecified atom stereocenters. The summed E-state index contributed by atoms with van der Waals surface area (Å²) in [5.74, 6) is -0.303. The van der Waals surface area contributed by atoms with Gasteiger partial charge in [-0.1, -0.05) is 18.5 Å². The molecular weight excluding hydrogens is 255 g/mol. The van der Waals surface area contributed by atoms with Crippen LogP contribution in [0.4, 0.5) is 10.1 Å². The van der Waals surface area contributed by atoms with Crippen molar-refractivity contribution in [3.63, 3.8) is 0 Å². The number of quaternary nitrogens is 1. The maximum Gasteiger partial charge on any atom is 0.152 e. The minimum Gasteiger partial charge on any atom is -0.370 e. The molecule has 1 aliphatic heterocycles. The second-order valence-electron chi connectivity index (χ2n) is 4.66. The first-order chi connectivity index (χ1) is 8.65. The predicted molar refractivity (Wildman–Crippen MR) is 71.0 cm³/mol. The van der Waals surface area contributed by atoms with Crippen molar-refractivity contribution in [2.24, 2.45) is 0 Å². The molecule has 1 N–H and O–H groups in total. The number of nitrogens with zero attached hydrogens (tertiary/aromatic N) is 1. The number of morpholine rings is 1. The summed E-state index contributed by atoms with van der Waals surface area (Å²) in [4.78, 5) is 0. The molecule has 0 amide bonds. The van der Waals surface area contributed by atoms with Gasteiger partial charge in [0.25, 0.3) is 0 Å². The van der Waals surface area contributed by atoms with Crippen LogP contribution in [0.5, 0.6) is 0 Å². The number of nitrogens with one attached hydrogen (secondary N) is 1. The monoisotopic (exact) mass is 273 g/mol. The summed E-state index contributed by atoms with van der Waals surface area (Å²) in [6.45, 7) is 6.23. The van der Waals surface area contributed by atoms with Crippen molar-refractivity contribution in [1.29, 1.82) is 0 Å². The fourth-order valence-corrected chi connectivity index (χ4v) is 2.51. The molecule has 3 nitrogen and oxygen atoms in total. The maximum absolute atomic E-state index is 13.8. The summed E-state index contributed by atoms with van der Waals surface area (Å²) in [7, 11) is 0. The van der Waals surface area contributed by atoms with E-state index in [1.165, 1.54) is 6.07 Å². The molecule has 0 spiro atoms. The van der Waals surface area contributed by atoms with Crippen LogP contribution in [0.2, 0.25) is 5.02 Å². The van der Waals surface area contributed by atoms with E-state index in [9.17, 15) is 4.39 Å². The minimum absolute atomic E-state index is 0.303. The predicted octanol–water partition coefficient (Wildman–Crippen LogP) is 3.06. The lowest BCUT2D eigenvalue weighted by Gasteiger charge is -2.40. The van der Waals surface area contributed by atoms with E-state index in [4.69, 9.17) is 16.3 Å². The van der Waals surface area contributed by atoms with Crippen molar-refractivity contribution in [2.75, 3.05) is 38.3 Å². The van der Waals surface area contributed by atoms with Crippen LogP contribution < -0.4 is 5.43 Å². The summed E-state index contributed by atoms with van der Waals surface area (Å²) in [6, 6.07) is 4.74. The van der Waals surface area contributed by atoms with Gasteiger partial charge in [0.1, 0.15) is 25.3 Å². The Hall–Kier alpha value is -0.840. The van der Waals surface area contributed by atoms with Crippen LogP contribution in [0, 0.1) is 5.82 Å². The quantitative estimate of drug-likeness (QED) is 0.852. The molecular formula is C13H19ClFN2O+. The van der Waals surface area contributed by atoms with Crippen molar-refractivity contribution >= 4 is 17.3 Å². The molecule has 100 valence electrons. The summed E-state index contributed by atoms with van der Waals surface area (Å²) in [6.07, 6.45) is 1.04. The van der Waals surface area contributed by atoms with Gasteiger partial charge in [-0.05, 0) is 24.6 Å². The first kappa shape index (κ1) is 13.6. The van der Waals surface area contributed by atoms with Gasteiger partial charge in [-0.2, -0.15) is 0 Å². The molecule has 18 heavy (non-hydrogen) atoms. The van der Waals surface area contributed by atoms with Gasteiger partial charge >= 0.3 is 0 Å². The topological polar surface area (TPSA) is 21.3 Å². The highest BCUT2D eigenvalue weighted by molar-refractivity contribution is 6.30. The SMILES string of the molecule is CCC[N+]1(Nc2ccc(Cl)cc2F)CCOCC1. The first-order valence-electron chi connectivity index (χ1n) is 6.32. The Morgan fingerprint density at radius 2 is 2.11 bits per heavy atom. The van der Waals surface area contributed by atoms with Crippen molar-refractivity contribution in [2.45, 2.75) is 13.3 Å². The summed E-state index contributed by atoms with van der Waals surface area (Å²) in [5, 5.41) is 0.419. The van der Waals surface area contributed by atoms with Crippen LogP contribution in [-0.2, 0) is 4.74 Å². The second kappa shape index (κ2) is 5.87. The summed E-state index contributed by atoms with van der Waals surface area (Å²) < 4.78 is 19.9. The van der Waals surface area contributed by atoms with Gasteiger partial charge in [0.05, 0.1) is 13.2 Å². The van der Waals surface area contributed by atoms with Gasteiger partial charge < -0.3 is 4.74 Å². The molecule has 1 aliphatic rings. The molecule has 0 radical (unpaired) electrons. The molecule has 5 heteroatoms. The van der Waals surface area contributed by atoms with Gasteiger partial charge in [-0.3, -0.25) is 0 Å². The number of benzene rings is 1. The molecule has 0 aliphatic carbocycles. The Kier molecular flexibility index (Phi) is 4.43. The van der Waals surface area contributed by atoms with E-state index >= 15 is 0 Å². The Morgan fingerprint density at radius 3 is 2.72 bits per heavy atom. The lowest BCUT2D eigenvalue weighted by Crippen LogP contribution is -2.59. The third-order valence-corrected chi connectivity index (χ3v) is 3.50. The number of hydrogen-bond acceptors (Lipinski definition) is 2. The molecule has 0 bridgehead atoms. The molecule has 2 rings (SSSR count).